The van der Waals surface area contributed by atoms with E-state index in [4.69, 9.17) is 16.9 Å². The van der Waals surface area contributed by atoms with Gasteiger partial charge < -0.3 is 4.90 Å². The first kappa shape index (κ1) is 12.0. The molecule has 17 heavy (non-hydrogen) atoms. The molecule has 0 unspecified atom stereocenters. The highest BCUT2D eigenvalue weighted by molar-refractivity contribution is 8.03. The molecule has 1 aliphatic heterocycles. The summed E-state index contributed by atoms with van der Waals surface area (Å²) >= 11 is 6.92. The number of carbonyl (C=O) groups is 1. The number of allylic oxidation sites excluding steroid dienone is 1. The second-order valence-corrected chi connectivity index (χ2v) is 4.78. The largest absolute Gasteiger partial charge is 0.337 e. The van der Waals surface area contributed by atoms with Gasteiger partial charge in [-0.1, -0.05) is 23.9 Å². The van der Waals surface area contributed by atoms with Crippen molar-refractivity contribution >= 4 is 34.8 Å². The number of rotatable bonds is 2. The van der Waals surface area contributed by atoms with Crippen molar-refractivity contribution in [1.82, 2.24) is 0 Å². The first-order valence-electron chi connectivity index (χ1n) is 4.93. The number of ketones is 1. The van der Waals surface area contributed by atoms with Crippen molar-refractivity contribution < 1.29 is 4.79 Å². The van der Waals surface area contributed by atoms with E-state index in [0.717, 1.165) is 10.6 Å². The first-order chi connectivity index (χ1) is 8.19. The number of halogens is 1. The average molecular weight is 265 g/mol. The predicted octanol–water partition coefficient (Wildman–Crippen LogP) is 2.77. The highest BCUT2D eigenvalue weighted by atomic mass is 35.5. The Morgan fingerprint density at radius 2 is 2.24 bits per heavy atom. The van der Waals surface area contributed by atoms with E-state index in [0.29, 0.717) is 5.03 Å². The van der Waals surface area contributed by atoms with E-state index < -0.39 is 0 Å². The molecule has 0 spiro atoms. The molecule has 0 atom stereocenters. The maximum absolute atomic E-state index is 11.6. The highest BCUT2D eigenvalue weighted by Gasteiger charge is 2.27. The summed E-state index contributed by atoms with van der Waals surface area (Å²) in [6.45, 7) is 0. The maximum Gasteiger partial charge on any atom is 0.190 e. The second kappa shape index (κ2) is 4.82. The summed E-state index contributed by atoms with van der Waals surface area (Å²) in [6.07, 6.45) is 0. The number of Topliss-reactive ketones (excluding diaryl/α,β-unsaturated/α-hetero) is 1. The molecule has 0 aromatic heterocycles. The van der Waals surface area contributed by atoms with Crippen LogP contribution in [0, 0.1) is 11.3 Å². The van der Waals surface area contributed by atoms with E-state index in [-0.39, 0.29) is 17.2 Å². The van der Waals surface area contributed by atoms with Crippen LogP contribution in [0.4, 0.5) is 5.69 Å². The quantitative estimate of drug-likeness (QED) is 0.468. The molecular weight excluding hydrogens is 256 g/mol. The van der Waals surface area contributed by atoms with Crippen LogP contribution in [0.25, 0.3) is 0 Å². The Bertz CT molecular complexity index is 548. The monoisotopic (exact) mass is 264 g/mol. The number of nitriles is 1. The number of nitrogens with zero attached hydrogens (tertiary/aromatic N) is 2. The third kappa shape index (κ3) is 2.04. The lowest BCUT2D eigenvalue weighted by Gasteiger charge is -2.14. The lowest BCUT2D eigenvalue weighted by atomic mass is 10.2. The van der Waals surface area contributed by atoms with Crippen LogP contribution >= 0.6 is 23.4 Å². The van der Waals surface area contributed by atoms with Gasteiger partial charge in [-0.2, -0.15) is 5.26 Å². The van der Waals surface area contributed by atoms with Gasteiger partial charge in [0.2, 0.25) is 0 Å². The van der Waals surface area contributed by atoms with Gasteiger partial charge in [0, 0.05) is 11.9 Å². The van der Waals surface area contributed by atoms with Crippen molar-refractivity contribution in [3.8, 4) is 6.07 Å². The Kier molecular flexibility index (Phi) is 3.41. The summed E-state index contributed by atoms with van der Waals surface area (Å²) in [6, 6.07) is 9.71. The van der Waals surface area contributed by atoms with E-state index in [2.05, 4.69) is 0 Å². The van der Waals surface area contributed by atoms with Crippen LogP contribution in [-0.2, 0) is 4.79 Å². The zero-order valence-corrected chi connectivity index (χ0v) is 10.7. The standard InChI is InChI=1S/C12H9ClN2OS/c1-15-9-4-2-3-5-11(9)17-12(15)8(7-14)10(16)6-13/h2-5H,6H2,1H3/b12-8-. The van der Waals surface area contributed by atoms with Gasteiger partial charge in [-0.15, -0.1) is 11.6 Å². The molecule has 1 heterocycles. The van der Waals surface area contributed by atoms with Gasteiger partial charge in [0.15, 0.2) is 5.78 Å². The van der Waals surface area contributed by atoms with Crippen molar-refractivity contribution in [1.29, 1.82) is 5.26 Å². The minimum absolute atomic E-state index is 0.128. The number of fused-ring (bicyclic) bond motifs is 1. The van der Waals surface area contributed by atoms with Gasteiger partial charge >= 0.3 is 0 Å². The van der Waals surface area contributed by atoms with E-state index in [1.807, 2.05) is 42.3 Å². The van der Waals surface area contributed by atoms with Crippen LogP contribution < -0.4 is 4.90 Å². The lowest BCUT2D eigenvalue weighted by molar-refractivity contribution is -0.113. The molecule has 2 rings (SSSR count). The van der Waals surface area contributed by atoms with Crippen molar-refractivity contribution in [2.75, 3.05) is 17.8 Å². The van der Waals surface area contributed by atoms with Crippen LogP contribution in [0.15, 0.2) is 39.8 Å². The number of carbonyl (C=O) groups excluding carboxylic acids is 1. The van der Waals surface area contributed by atoms with Crippen LogP contribution in [-0.4, -0.2) is 18.7 Å². The van der Waals surface area contributed by atoms with Crippen LogP contribution in [0.1, 0.15) is 0 Å². The minimum Gasteiger partial charge on any atom is -0.337 e. The number of hydrogen-bond donors (Lipinski definition) is 0. The summed E-state index contributed by atoms with van der Waals surface area (Å²) in [5, 5.41) is 9.71. The molecule has 0 amide bonds. The molecule has 0 saturated heterocycles. The first-order valence-corrected chi connectivity index (χ1v) is 6.28. The summed E-state index contributed by atoms with van der Waals surface area (Å²) in [5.74, 6) is -0.506. The van der Waals surface area contributed by atoms with Gasteiger partial charge in [-0.3, -0.25) is 4.79 Å². The Hall–Kier alpha value is -1.44. The molecule has 0 saturated carbocycles. The van der Waals surface area contributed by atoms with Crippen LogP contribution in [0.5, 0.6) is 0 Å². The Balaban J connectivity index is 2.49. The number of hydrogen-bond acceptors (Lipinski definition) is 4. The fourth-order valence-corrected chi connectivity index (χ4v) is 2.91. The SMILES string of the molecule is CN1/C(=C(\C#N)C(=O)CCl)Sc2ccccc21. The third-order valence-electron chi connectivity index (χ3n) is 2.46. The molecule has 5 heteroatoms. The fraction of sp³-hybridized carbons (Fsp3) is 0.167. The average Bonchev–Trinajstić information content (AvgIpc) is 2.68. The molecule has 0 fully saturated rings. The van der Waals surface area contributed by atoms with E-state index in [9.17, 15) is 4.79 Å². The Morgan fingerprint density at radius 3 is 2.82 bits per heavy atom. The smallest absolute Gasteiger partial charge is 0.190 e. The van der Waals surface area contributed by atoms with Gasteiger partial charge in [-0.05, 0) is 12.1 Å². The Morgan fingerprint density at radius 1 is 1.53 bits per heavy atom. The summed E-state index contributed by atoms with van der Waals surface area (Å²) in [4.78, 5) is 14.5. The van der Waals surface area contributed by atoms with Gasteiger partial charge in [0.25, 0.3) is 0 Å². The predicted molar refractivity (Wildman–Crippen MR) is 69.1 cm³/mol. The molecule has 0 bridgehead atoms. The summed E-state index contributed by atoms with van der Waals surface area (Å²) < 4.78 is 0. The molecule has 0 aliphatic carbocycles. The molecule has 1 aromatic rings. The molecule has 1 aliphatic rings. The molecule has 3 nitrogen and oxygen atoms in total. The highest BCUT2D eigenvalue weighted by Crippen LogP contribution is 2.45. The topological polar surface area (TPSA) is 44.1 Å². The zero-order valence-electron chi connectivity index (χ0n) is 9.11. The minimum atomic E-state index is -0.337. The third-order valence-corrected chi connectivity index (χ3v) is 3.94. The van der Waals surface area contributed by atoms with E-state index >= 15 is 0 Å². The number of thioether (sulfide) groups is 1. The summed E-state index contributed by atoms with van der Waals surface area (Å²) in [5.41, 5.74) is 1.13. The zero-order chi connectivity index (χ0) is 12.4. The molecule has 0 radical (unpaired) electrons. The molecule has 0 N–H and O–H groups in total. The van der Waals surface area contributed by atoms with E-state index in [1.54, 1.807) is 0 Å². The van der Waals surface area contributed by atoms with Crippen molar-refractivity contribution in [2.24, 2.45) is 0 Å². The summed E-state index contributed by atoms with van der Waals surface area (Å²) in [7, 11) is 1.84. The maximum atomic E-state index is 11.6. The number of alkyl halides is 1. The molecular formula is C12H9ClN2OS. The lowest BCUT2D eigenvalue weighted by Crippen LogP contribution is -2.15. The van der Waals surface area contributed by atoms with Crippen LogP contribution in [0.3, 0.4) is 0 Å². The number of anilines is 1. The van der Waals surface area contributed by atoms with Gasteiger partial charge in [-0.25, -0.2) is 0 Å². The van der Waals surface area contributed by atoms with Gasteiger partial charge in [0.1, 0.15) is 16.7 Å². The molecule has 86 valence electrons. The number of benzene rings is 1. The Labute approximate surface area is 109 Å². The van der Waals surface area contributed by atoms with Crippen molar-refractivity contribution in [3.63, 3.8) is 0 Å². The van der Waals surface area contributed by atoms with Crippen molar-refractivity contribution in [2.45, 2.75) is 4.90 Å². The van der Waals surface area contributed by atoms with Crippen molar-refractivity contribution in [3.05, 3.63) is 34.9 Å². The number of para-hydroxylation sites is 1. The molecule has 1 aromatic carbocycles. The van der Waals surface area contributed by atoms with Crippen LogP contribution in [0.2, 0.25) is 0 Å². The second-order valence-electron chi connectivity index (χ2n) is 3.48. The normalized spacial score (nSPS) is 16.4. The fourth-order valence-electron chi connectivity index (χ4n) is 1.62. The van der Waals surface area contributed by atoms with Gasteiger partial charge in [0.05, 0.1) is 11.6 Å². The van der Waals surface area contributed by atoms with E-state index in [1.165, 1.54) is 11.8 Å².